The maximum absolute atomic E-state index is 3.73. The molecule has 0 saturated heterocycles. The molecule has 0 radical (unpaired) electrons. The summed E-state index contributed by atoms with van der Waals surface area (Å²) in [5, 5.41) is 0. The molecule has 54 valence electrons. The zero-order valence-corrected chi connectivity index (χ0v) is 8.47. The van der Waals surface area contributed by atoms with Crippen LogP contribution in [-0.2, 0) is 0 Å². The van der Waals surface area contributed by atoms with Gasteiger partial charge in [-0.15, -0.1) is 11.3 Å². The Morgan fingerprint density at radius 3 is 2.30 bits per heavy atom. The van der Waals surface area contributed by atoms with Gasteiger partial charge in [0.25, 0.3) is 0 Å². The van der Waals surface area contributed by atoms with Crippen LogP contribution in [0.3, 0.4) is 0 Å². The molecule has 0 saturated carbocycles. The van der Waals surface area contributed by atoms with Crippen LogP contribution in [0.1, 0.15) is 15.3 Å². The molecule has 0 aromatic carbocycles. The van der Waals surface area contributed by atoms with E-state index in [0.29, 0.717) is 0 Å². The SMILES string of the molecule is C=Cc1sc(C)c(C)c1Br. The lowest BCUT2D eigenvalue weighted by atomic mass is 10.3. The molecule has 1 heterocycles. The van der Waals surface area contributed by atoms with Crippen LogP contribution in [0.15, 0.2) is 11.1 Å². The van der Waals surface area contributed by atoms with Gasteiger partial charge in [-0.05, 0) is 35.3 Å². The lowest BCUT2D eigenvalue weighted by molar-refractivity contribution is 1.41. The van der Waals surface area contributed by atoms with Crippen molar-refractivity contribution in [2.45, 2.75) is 13.8 Å². The van der Waals surface area contributed by atoms with E-state index in [9.17, 15) is 0 Å². The minimum Gasteiger partial charge on any atom is -0.140 e. The normalized spacial score (nSPS) is 9.90. The quantitative estimate of drug-likeness (QED) is 0.671. The van der Waals surface area contributed by atoms with Crippen molar-refractivity contribution < 1.29 is 0 Å². The monoisotopic (exact) mass is 216 g/mol. The Morgan fingerprint density at radius 1 is 1.50 bits per heavy atom. The van der Waals surface area contributed by atoms with Crippen molar-refractivity contribution in [3.05, 3.63) is 26.4 Å². The molecule has 1 rings (SSSR count). The maximum Gasteiger partial charge on any atom is 0.0412 e. The van der Waals surface area contributed by atoms with Crippen molar-refractivity contribution in [1.82, 2.24) is 0 Å². The fourth-order valence-corrected chi connectivity index (χ4v) is 2.50. The van der Waals surface area contributed by atoms with Crippen LogP contribution >= 0.6 is 27.3 Å². The lowest BCUT2D eigenvalue weighted by Crippen LogP contribution is -1.68. The summed E-state index contributed by atoms with van der Waals surface area (Å²) in [6, 6.07) is 0. The van der Waals surface area contributed by atoms with Crippen molar-refractivity contribution in [1.29, 1.82) is 0 Å². The standard InChI is InChI=1S/C8H9BrS/c1-4-7-8(9)5(2)6(3)10-7/h4H,1H2,2-3H3. The van der Waals surface area contributed by atoms with Gasteiger partial charge in [-0.1, -0.05) is 12.7 Å². The number of rotatable bonds is 1. The Balaban J connectivity index is 3.30. The molecule has 0 unspecified atom stereocenters. The molecular weight excluding hydrogens is 208 g/mol. The fraction of sp³-hybridized carbons (Fsp3) is 0.250. The van der Waals surface area contributed by atoms with E-state index >= 15 is 0 Å². The summed E-state index contributed by atoms with van der Waals surface area (Å²) in [5.74, 6) is 0. The first kappa shape index (κ1) is 8.02. The molecule has 10 heavy (non-hydrogen) atoms. The number of halogens is 1. The topological polar surface area (TPSA) is 0 Å². The second kappa shape index (κ2) is 2.89. The van der Waals surface area contributed by atoms with Gasteiger partial charge in [0.2, 0.25) is 0 Å². The highest BCUT2D eigenvalue weighted by atomic mass is 79.9. The highest BCUT2D eigenvalue weighted by Gasteiger charge is 2.05. The van der Waals surface area contributed by atoms with Gasteiger partial charge >= 0.3 is 0 Å². The summed E-state index contributed by atoms with van der Waals surface area (Å²) in [4.78, 5) is 2.59. The summed E-state index contributed by atoms with van der Waals surface area (Å²) in [5.41, 5.74) is 1.33. The second-order valence-corrected chi connectivity index (χ2v) is 4.21. The van der Waals surface area contributed by atoms with Gasteiger partial charge in [0.15, 0.2) is 0 Å². The van der Waals surface area contributed by atoms with Crippen molar-refractivity contribution in [3.8, 4) is 0 Å². The van der Waals surface area contributed by atoms with Crippen LogP contribution in [0.25, 0.3) is 6.08 Å². The molecule has 0 fully saturated rings. The van der Waals surface area contributed by atoms with Gasteiger partial charge in [0.05, 0.1) is 0 Å². The van der Waals surface area contributed by atoms with Crippen LogP contribution in [0.5, 0.6) is 0 Å². The third kappa shape index (κ3) is 1.18. The number of hydrogen-bond donors (Lipinski definition) is 0. The predicted molar refractivity (Wildman–Crippen MR) is 51.6 cm³/mol. The van der Waals surface area contributed by atoms with E-state index in [4.69, 9.17) is 0 Å². The minimum absolute atomic E-state index is 1.20. The third-order valence-electron chi connectivity index (χ3n) is 1.52. The summed E-state index contributed by atoms with van der Waals surface area (Å²) in [6.07, 6.45) is 1.88. The molecule has 0 spiro atoms. The molecule has 0 aliphatic rings. The Morgan fingerprint density at radius 2 is 2.10 bits per heavy atom. The Kier molecular flexibility index (Phi) is 2.32. The zero-order chi connectivity index (χ0) is 7.72. The first-order valence-corrected chi connectivity index (χ1v) is 4.65. The van der Waals surface area contributed by atoms with Crippen molar-refractivity contribution in [2.75, 3.05) is 0 Å². The van der Waals surface area contributed by atoms with Crippen molar-refractivity contribution in [3.63, 3.8) is 0 Å². The van der Waals surface area contributed by atoms with Crippen LogP contribution in [0, 0.1) is 13.8 Å². The van der Waals surface area contributed by atoms with E-state index in [1.807, 2.05) is 6.08 Å². The van der Waals surface area contributed by atoms with Crippen LogP contribution in [0.2, 0.25) is 0 Å². The van der Waals surface area contributed by atoms with Crippen molar-refractivity contribution >= 4 is 33.3 Å². The van der Waals surface area contributed by atoms with Gasteiger partial charge in [0, 0.05) is 14.2 Å². The van der Waals surface area contributed by atoms with E-state index in [-0.39, 0.29) is 0 Å². The van der Waals surface area contributed by atoms with E-state index in [1.165, 1.54) is 19.8 Å². The Labute approximate surface area is 73.7 Å². The van der Waals surface area contributed by atoms with Crippen LogP contribution in [0.4, 0.5) is 0 Å². The number of aryl methyl sites for hydroxylation is 1. The Bertz CT molecular complexity index is 260. The molecule has 0 amide bonds. The van der Waals surface area contributed by atoms with Crippen LogP contribution in [-0.4, -0.2) is 0 Å². The summed E-state index contributed by atoms with van der Waals surface area (Å²) in [6.45, 7) is 7.96. The highest BCUT2D eigenvalue weighted by molar-refractivity contribution is 9.10. The van der Waals surface area contributed by atoms with Crippen LogP contribution < -0.4 is 0 Å². The fourth-order valence-electron chi connectivity index (χ4n) is 0.757. The molecule has 1 aromatic heterocycles. The van der Waals surface area contributed by atoms with E-state index in [1.54, 1.807) is 11.3 Å². The predicted octanol–water partition coefficient (Wildman–Crippen LogP) is 3.77. The Hall–Kier alpha value is -0.0800. The second-order valence-electron chi connectivity index (χ2n) is 2.17. The smallest absolute Gasteiger partial charge is 0.0412 e. The summed E-state index contributed by atoms with van der Waals surface area (Å²) in [7, 11) is 0. The average molecular weight is 217 g/mol. The largest absolute Gasteiger partial charge is 0.140 e. The minimum atomic E-state index is 1.20. The highest BCUT2D eigenvalue weighted by Crippen LogP contribution is 2.32. The number of hydrogen-bond acceptors (Lipinski definition) is 1. The molecule has 0 bridgehead atoms. The summed E-state index contributed by atoms with van der Waals surface area (Å²) < 4.78 is 1.20. The van der Waals surface area contributed by atoms with Gasteiger partial charge in [0.1, 0.15) is 0 Å². The number of thiophene rings is 1. The maximum atomic E-state index is 3.73. The summed E-state index contributed by atoms with van der Waals surface area (Å²) >= 11 is 5.28. The van der Waals surface area contributed by atoms with E-state index in [2.05, 4.69) is 36.4 Å². The van der Waals surface area contributed by atoms with Gasteiger partial charge < -0.3 is 0 Å². The van der Waals surface area contributed by atoms with Gasteiger partial charge in [-0.3, -0.25) is 0 Å². The third-order valence-corrected chi connectivity index (χ3v) is 4.01. The lowest BCUT2D eigenvalue weighted by Gasteiger charge is -1.87. The van der Waals surface area contributed by atoms with Crippen molar-refractivity contribution in [2.24, 2.45) is 0 Å². The molecule has 0 N–H and O–H groups in total. The molecular formula is C8H9BrS. The van der Waals surface area contributed by atoms with E-state index < -0.39 is 0 Å². The van der Waals surface area contributed by atoms with Gasteiger partial charge in [-0.25, -0.2) is 0 Å². The first-order chi connectivity index (χ1) is 4.66. The average Bonchev–Trinajstić information content (AvgIpc) is 2.17. The molecule has 0 aliphatic carbocycles. The molecule has 0 atom stereocenters. The molecule has 2 heteroatoms. The molecule has 0 aliphatic heterocycles. The molecule has 1 aromatic rings. The first-order valence-electron chi connectivity index (χ1n) is 3.04. The van der Waals surface area contributed by atoms with E-state index in [0.717, 1.165) is 0 Å². The molecule has 0 nitrogen and oxygen atoms in total. The zero-order valence-electron chi connectivity index (χ0n) is 6.07. The van der Waals surface area contributed by atoms with Gasteiger partial charge in [-0.2, -0.15) is 0 Å².